The number of hydrogen-bond donors (Lipinski definition) is 1. The van der Waals surface area contributed by atoms with E-state index >= 15 is 0 Å². The molecule has 16 heavy (non-hydrogen) atoms. The predicted octanol–water partition coefficient (Wildman–Crippen LogP) is 1.10. The maximum atomic E-state index is 11.7. The highest BCUT2D eigenvalue weighted by Crippen LogP contribution is 1.98. The molecule has 90 valence electrons. The molecule has 0 fully saturated rings. The first-order valence-corrected chi connectivity index (χ1v) is 5.80. The van der Waals surface area contributed by atoms with Crippen LogP contribution in [0.1, 0.15) is 24.3 Å². The van der Waals surface area contributed by atoms with Crippen LogP contribution in [0, 0.1) is 0 Å². The molecular weight excluding hydrogens is 202 g/mol. The van der Waals surface area contributed by atoms with Gasteiger partial charge in [-0.3, -0.25) is 4.79 Å². The Morgan fingerprint density at radius 2 is 2.12 bits per heavy atom. The molecule has 0 radical (unpaired) electrons. The number of carbonyl (C=O) groups excluding carboxylic acids is 1. The summed E-state index contributed by atoms with van der Waals surface area (Å²) < 4.78 is 1.83. The Hall–Kier alpha value is -1.29. The maximum Gasteiger partial charge on any atom is 0.267 e. The first kappa shape index (κ1) is 12.8. The van der Waals surface area contributed by atoms with Gasteiger partial charge in [-0.05, 0) is 25.2 Å². The number of amides is 1. The van der Waals surface area contributed by atoms with E-state index in [1.165, 1.54) is 0 Å². The average Bonchev–Trinajstić information content (AvgIpc) is 2.70. The molecule has 0 bridgehead atoms. The summed E-state index contributed by atoms with van der Waals surface area (Å²) in [6.07, 6.45) is 1.87. The van der Waals surface area contributed by atoms with Crippen molar-refractivity contribution in [2.24, 2.45) is 7.05 Å². The van der Waals surface area contributed by atoms with Crippen LogP contribution in [0.15, 0.2) is 18.3 Å². The topological polar surface area (TPSA) is 37.3 Å². The molecule has 0 unspecified atom stereocenters. The summed E-state index contributed by atoms with van der Waals surface area (Å²) >= 11 is 0. The highest BCUT2D eigenvalue weighted by molar-refractivity contribution is 5.92. The van der Waals surface area contributed by atoms with Crippen molar-refractivity contribution in [1.29, 1.82) is 0 Å². The SMILES string of the molecule is CCN(CC)CCNC(=O)c1cccn1C. The Labute approximate surface area is 97.2 Å². The van der Waals surface area contributed by atoms with Crippen LogP contribution in [0.2, 0.25) is 0 Å². The molecule has 1 amide bonds. The lowest BCUT2D eigenvalue weighted by atomic mass is 10.4. The van der Waals surface area contributed by atoms with Gasteiger partial charge in [-0.1, -0.05) is 13.8 Å². The monoisotopic (exact) mass is 223 g/mol. The average molecular weight is 223 g/mol. The zero-order chi connectivity index (χ0) is 12.0. The van der Waals surface area contributed by atoms with E-state index in [0.717, 1.165) is 19.6 Å². The standard InChI is InChI=1S/C12H21N3O/c1-4-15(5-2)10-8-13-12(16)11-7-6-9-14(11)3/h6-7,9H,4-5,8,10H2,1-3H3,(H,13,16). The van der Waals surface area contributed by atoms with Crippen molar-refractivity contribution in [2.45, 2.75) is 13.8 Å². The Morgan fingerprint density at radius 1 is 1.44 bits per heavy atom. The highest BCUT2D eigenvalue weighted by atomic mass is 16.1. The van der Waals surface area contributed by atoms with E-state index in [0.29, 0.717) is 12.2 Å². The second kappa shape index (κ2) is 6.33. The second-order valence-electron chi connectivity index (χ2n) is 3.79. The van der Waals surface area contributed by atoms with Crippen molar-refractivity contribution in [1.82, 2.24) is 14.8 Å². The van der Waals surface area contributed by atoms with E-state index in [1.807, 2.05) is 29.9 Å². The Balaban J connectivity index is 2.34. The van der Waals surface area contributed by atoms with Crippen LogP contribution in [0.5, 0.6) is 0 Å². The van der Waals surface area contributed by atoms with Crippen LogP contribution in [-0.4, -0.2) is 41.6 Å². The zero-order valence-corrected chi connectivity index (χ0v) is 10.4. The van der Waals surface area contributed by atoms with Crippen molar-refractivity contribution in [3.63, 3.8) is 0 Å². The quantitative estimate of drug-likeness (QED) is 0.784. The normalized spacial score (nSPS) is 10.8. The van der Waals surface area contributed by atoms with E-state index in [-0.39, 0.29) is 5.91 Å². The number of nitrogens with zero attached hydrogens (tertiary/aromatic N) is 2. The van der Waals surface area contributed by atoms with Crippen molar-refractivity contribution < 1.29 is 4.79 Å². The smallest absolute Gasteiger partial charge is 0.267 e. The van der Waals surface area contributed by atoms with E-state index in [4.69, 9.17) is 0 Å². The van der Waals surface area contributed by atoms with Crippen molar-refractivity contribution in [3.05, 3.63) is 24.0 Å². The third kappa shape index (κ3) is 3.38. The molecule has 0 saturated heterocycles. The molecule has 0 aromatic carbocycles. The van der Waals surface area contributed by atoms with Gasteiger partial charge in [0.25, 0.3) is 5.91 Å². The molecule has 0 aliphatic carbocycles. The molecule has 1 aromatic heterocycles. The maximum absolute atomic E-state index is 11.7. The number of hydrogen-bond acceptors (Lipinski definition) is 2. The molecule has 0 atom stereocenters. The minimum Gasteiger partial charge on any atom is -0.349 e. The molecule has 4 nitrogen and oxygen atoms in total. The predicted molar refractivity (Wildman–Crippen MR) is 65.5 cm³/mol. The summed E-state index contributed by atoms with van der Waals surface area (Å²) in [6, 6.07) is 3.70. The van der Waals surface area contributed by atoms with Gasteiger partial charge in [0.1, 0.15) is 5.69 Å². The van der Waals surface area contributed by atoms with Crippen LogP contribution in [0.3, 0.4) is 0 Å². The number of likely N-dealkylation sites (N-methyl/N-ethyl adjacent to an activating group) is 1. The van der Waals surface area contributed by atoms with Crippen molar-refractivity contribution in [3.8, 4) is 0 Å². The number of nitrogens with one attached hydrogen (secondary N) is 1. The molecule has 1 rings (SSSR count). The van der Waals surface area contributed by atoms with E-state index in [9.17, 15) is 4.79 Å². The van der Waals surface area contributed by atoms with Crippen molar-refractivity contribution in [2.75, 3.05) is 26.2 Å². The third-order valence-corrected chi connectivity index (χ3v) is 2.78. The van der Waals surface area contributed by atoms with Gasteiger partial charge >= 0.3 is 0 Å². The van der Waals surface area contributed by atoms with Gasteiger partial charge in [-0.15, -0.1) is 0 Å². The van der Waals surface area contributed by atoms with Crippen LogP contribution in [0.4, 0.5) is 0 Å². The fraction of sp³-hybridized carbons (Fsp3) is 0.583. The van der Waals surface area contributed by atoms with Gasteiger partial charge in [0.05, 0.1) is 0 Å². The summed E-state index contributed by atoms with van der Waals surface area (Å²) in [5.41, 5.74) is 0.708. The summed E-state index contributed by atoms with van der Waals surface area (Å²) in [7, 11) is 1.87. The summed E-state index contributed by atoms with van der Waals surface area (Å²) in [5, 5.41) is 2.92. The van der Waals surface area contributed by atoms with Gasteiger partial charge in [0, 0.05) is 26.3 Å². The first-order chi connectivity index (χ1) is 7.69. The van der Waals surface area contributed by atoms with Crippen molar-refractivity contribution >= 4 is 5.91 Å². The lowest BCUT2D eigenvalue weighted by Crippen LogP contribution is -2.35. The molecule has 1 heterocycles. The molecular formula is C12H21N3O. The lowest BCUT2D eigenvalue weighted by Gasteiger charge is -2.17. The lowest BCUT2D eigenvalue weighted by molar-refractivity contribution is 0.0941. The van der Waals surface area contributed by atoms with Gasteiger partial charge in [0.15, 0.2) is 0 Å². The molecule has 1 N–H and O–H groups in total. The minimum absolute atomic E-state index is 0.000318. The highest BCUT2D eigenvalue weighted by Gasteiger charge is 2.08. The third-order valence-electron chi connectivity index (χ3n) is 2.78. The second-order valence-corrected chi connectivity index (χ2v) is 3.79. The van der Waals surface area contributed by atoms with Gasteiger partial charge < -0.3 is 14.8 Å². The van der Waals surface area contributed by atoms with Gasteiger partial charge in [0.2, 0.25) is 0 Å². The Kier molecular flexibility index (Phi) is 5.05. The van der Waals surface area contributed by atoms with E-state index in [1.54, 1.807) is 0 Å². The number of carbonyl (C=O) groups is 1. The van der Waals surface area contributed by atoms with E-state index < -0.39 is 0 Å². The molecule has 0 saturated carbocycles. The molecule has 0 spiro atoms. The number of rotatable bonds is 6. The van der Waals surface area contributed by atoms with Crippen LogP contribution < -0.4 is 5.32 Å². The molecule has 4 heteroatoms. The largest absolute Gasteiger partial charge is 0.349 e. The first-order valence-electron chi connectivity index (χ1n) is 5.80. The van der Waals surface area contributed by atoms with Crippen LogP contribution in [-0.2, 0) is 7.05 Å². The summed E-state index contributed by atoms with van der Waals surface area (Å²) in [5.74, 6) is -0.000318. The van der Waals surface area contributed by atoms with Crippen LogP contribution >= 0.6 is 0 Å². The molecule has 0 aliphatic rings. The zero-order valence-electron chi connectivity index (χ0n) is 10.4. The Bertz CT molecular complexity index is 329. The molecule has 1 aromatic rings. The van der Waals surface area contributed by atoms with Gasteiger partial charge in [-0.2, -0.15) is 0 Å². The number of aromatic nitrogens is 1. The van der Waals surface area contributed by atoms with E-state index in [2.05, 4.69) is 24.1 Å². The summed E-state index contributed by atoms with van der Waals surface area (Å²) in [4.78, 5) is 14.0. The molecule has 0 aliphatic heterocycles. The summed E-state index contributed by atoms with van der Waals surface area (Å²) in [6.45, 7) is 7.91. The fourth-order valence-electron chi connectivity index (χ4n) is 1.65. The fourth-order valence-corrected chi connectivity index (χ4v) is 1.65. The Morgan fingerprint density at radius 3 is 2.62 bits per heavy atom. The van der Waals surface area contributed by atoms with Gasteiger partial charge in [-0.25, -0.2) is 0 Å². The number of aryl methyl sites for hydroxylation is 1. The minimum atomic E-state index is -0.000318. The van der Waals surface area contributed by atoms with Crippen LogP contribution in [0.25, 0.3) is 0 Å².